The number of benzene rings is 1. The van der Waals surface area contributed by atoms with E-state index < -0.39 is 0 Å². The highest BCUT2D eigenvalue weighted by atomic mass is 15.0. The molecule has 0 spiro atoms. The van der Waals surface area contributed by atoms with Gasteiger partial charge in [-0.15, -0.1) is 0 Å². The predicted octanol–water partition coefficient (Wildman–Crippen LogP) is 3.20. The van der Waals surface area contributed by atoms with Gasteiger partial charge in [-0.1, -0.05) is 32.0 Å². The summed E-state index contributed by atoms with van der Waals surface area (Å²) in [6, 6.07) is 10.9. The number of hydrogen-bond acceptors (Lipinski definition) is 1. The van der Waals surface area contributed by atoms with Crippen molar-refractivity contribution >= 4 is 10.9 Å². The summed E-state index contributed by atoms with van der Waals surface area (Å²) in [5, 5.41) is 4.84. The average molecular weight is 230 g/mol. The molecule has 0 radical (unpaired) electrons. The van der Waals surface area contributed by atoms with E-state index in [2.05, 4.69) is 61.0 Å². The molecule has 0 aliphatic carbocycles. The molecule has 0 atom stereocenters. The molecular formula is C15H22N2. The van der Waals surface area contributed by atoms with Gasteiger partial charge in [0.15, 0.2) is 0 Å². The first kappa shape index (κ1) is 12.2. The molecule has 0 amide bonds. The van der Waals surface area contributed by atoms with Crippen LogP contribution in [0.25, 0.3) is 10.9 Å². The maximum atomic E-state index is 3.49. The smallest absolute Gasteiger partial charge is 0.0482 e. The number of rotatable bonds is 5. The van der Waals surface area contributed by atoms with Gasteiger partial charge in [0, 0.05) is 24.3 Å². The first-order valence-corrected chi connectivity index (χ1v) is 6.44. The van der Waals surface area contributed by atoms with E-state index in [0.29, 0.717) is 0 Å². The second-order valence-corrected chi connectivity index (χ2v) is 5.09. The number of nitrogens with one attached hydrogen (secondary N) is 1. The van der Waals surface area contributed by atoms with Crippen LogP contribution in [0.3, 0.4) is 0 Å². The zero-order valence-electron chi connectivity index (χ0n) is 11.0. The Kier molecular flexibility index (Phi) is 3.85. The van der Waals surface area contributed by atoms with E-state index in [0.717, 1.165) is 25.6 Å². The van der Waals surface area contributed by atoms with E-state index in [1.165, 1.54) is 16.6 Å². The lowest BCUT2D eigenvalue weighted by atomic mass is 10.2. The van der Waals surface area contributed by atoms with E-state index in [9.17, 15) is 0 Å². The van der Waals surface area contributed by atoms with Crippen molar-refractivity contribution in [2.24, 2.45) is 5.92 Å². The van der Waals surface area contributed by atoms with Gasteiger partial charge in [0.25, 0.3) is 0 Å². The third-order valence-corrected chi connectivity index (χ3v) is 3.08. The molecule has 1 aromatic heterocycles. The van der Waals surface area contributed by atoms with Crippen molar-refractivity contribution in [1.82, 2.24) is 9.88 Å². The number of aromatic nitrogens is 1. The lowest BCUT2D eigenvalue weighted by Crippen LogP contribution is -2.24. The van der Waals surface area contributed by atoms with E-state index >= 15 is 0 Å². The van der Waals surface area contributed by atoms with Gasteiger partial charge in [-0.2, -0.15) is 0 Å². The van der Waals surface area contributed by atoms with Gasteiger partial charge in [0.2, 0.25) is 0 Å². The number of hydrogen-bond donors (Lipinski definition) is 1. The first-order valence-electron chi connectivity index (χ1n) is 6.44. The number of fused-ring (bicyclic) bond motifs is 1. The average Bonchev–Trinajstić information content (AvgIpc) is 2.60. The Hall–Kier alpha value is -1.28. The second-order valence-electron chi connectivity index (χ2n) is 5.09. The van der Waals surface area contributed by atoms with Gasteiger partial charge in [-0.05, 0) is 36.9 Å². The number of nitrogens with zero attached hydrogens (tertiary/aromatic N) is 1. The van der Waals surface area contributed by atoms with Crippen molar-refractivity contribution in [3.63, 3.8) is 0 Å². The molecule has 0 unspecified atom stereocenters. The molecule has 2 heteroatoms. The Morgan fingerprint density at radius 2 is 2.00 bits per heavy atom. The van der Waals surface area contributed by atoms with Crippen molar-refractivity contribution in [2.75, 3.05) is 13.1 Å². The minimum Gasteiger partial charge on any atom is -0.344 e. The second kappa shape index (κ2) is 5.37. The molecule has 17 heavy (non-hydrogen) atoms. The van der Waals surface area contributed by atoms with Gasteiger partial charge < -0.3 is 9.88 Å². The summed E-state index contributed by atoms with van der Waals surface area (Å²) < 4.78 is 2.39. The maximum absolute atomic E-state index is 3.49. The van der Waals surface area contributed by atoms with Gasteiger partial charge in [-0.3, -0.25) is 0 Å². The van der Waals surface area contributed by atoms with Crippen LogP contribution in [0.2, 0.25) is 0 Å². The highest BCUT2D eigenvalue weighted by molar-refractivity contribution is 5.81. The molecule has 1 heterocycles. The first-order chi connectivity index (χ1) is 8.18. The standard InChI is InChI=1S/C15H22N2/c1-12(2)11-16-8-9-17-13(3)10-14-6-4-5-7-15(14)17/h4-7,10,12,16H,8-9,11H2,1-3H3. The highest BCUT2D eigenvalue weighted by Gasteiger charge is 2.04. The molecule has 0 aliphatic rings. The molecule has 0 aliphatic heterocycles. The topological polar surface area (TPSA) is 17.0 Å². The highest BCUT2D eigenvalue weighted by Crippen LogP contribution is 2.18. The van der Waals surface area contributed by atoms with Crippen molar-refractivity contribution in [2.45, 2.75) is 27.3 Å². The summed E-state index contributed by atoms with van der Waals surface area (Å²) in [5.74, 6) is 0.720. The lowest BCUT2D eigenvalue weighted by Gasteiger charge is -2.10. The molecule has 0 bridgehead atoms. The van der Waals surface area contributed by atoms with Crippen molar-refractivity contribution < 1.29 is 0 Å². The molecule has 2 aromatic rings. The summed E-state index contributed by atoms with van der Waals surface area (Å²) in [7, 11) is 0. The van der Waals surface area contributed by atoms with Crippen molar-refractivity contribution in [1.29, 1.82) is 0 Å². The van der Waals surface area contributed by atoms with Crippen LogP contribution in [0.1, 0.15) is 19.5 Å². The fourth-order valence-corrected chi connectivity index (χ4v) is 2.23. The van der Waals surface area contributed by atoms with E-state index in [1.807, 2.05) is 0 Å². The molecule has 2 rings (SSSR count). The van der Waals surface area contributed by atoms with Crippen LogP contribution in [0.5, 0.6) is 0 Å². The fraction of sp³-hybridized carbons (Fsp3) is 0.467. The summed E-state index contributed by atoms with van der Waals surface area (Å²) in [4.78, 5) is 0. The lowest BCUT2D eigenvalue weighted by molar-refractivity contribution is 0.526. The van der Waals surface area contributed by atoms with Crippen LogP contribution in [0.4, 0.5) is 0 Å². The van der Waals surface area contributed by atoms with Gasteiger partial charge in [0.1, 0.15) is 0 Å². The Balaban J connectivity index is 2.05. The van der Waals surface area contributed by atoms with Crippen LogP contribution >= 0.6 is 0 Å². The molecule has 1 aromatic carbocycles. The molecule has 2 nitrogen and oxygen atoms in total. The van der Waals surface area contributed by atoms with Crippen LogP contribution < -0.4 is 5.32 Å². The summed E-state index contributed by atoms with van der Waals surface area (Å²) in [6.07, 6.45) is 0. The monoisotopic (exact) mass is 230 g/mol. The Morgan fingerprint density at radius 3 is 2.76 bits per heavy atom. The van der Waals surface area contributed by atoms with Gasteiger partial charge >= 0.3 is 0 Å². The molecule has 0 saturated heterocycles. The third-order valence-electron chi connectivity index (χ3n) is 3.08. The largest absolute Gasteiger partial charge is 0.344 e. The zero-order chi connectivity index (χ0) is 12.3. The summed E-state index contributed by atoms with van der Waals surface area (Å²) in [5.41, 5.74) is 2.69. The SMILES string of the molecule is Cc1cc2ccccc2n1CCNCC(C)C. The van der Waals surface area contributed by atoms with E-state index in [1.54, 1.807) is 0 Å². The predicted molar refractivity (Wildman–Crippen MR) is 74.4 cm³/mol. The fourth-order valence-electron chi connectivity index (χ4n) is 2.23. The minimum absolute atomic E-state index is 0.720. The van der Waals surface area contributed by atoms with E-state index in [-0.39, 0.29) is 0 Å². The summed E-state index contributed by atoms with van der Waals surface area (Å²) in [6.45, 7) is 9.84. The molecule has 92 valence electrons. The minimum atomic E-state index is 0.720. The third kappa shape index (κ3) is 2.89. The summed E-state index contributed by atoms with van der Waals surface area (Å²) >= 11 is 0. The van der Waals surface area contributed by atoms with Crippen LogP contribution in [0, 0.1) is 12.8 Å². The van der Waals surface area contributed by atoms with E-state index in [4.69, 9.17) is 0 Å². The zero-order valence-corrected chi connectivity index (χ0v) is 11.0. The number of aryl methyl sites for hydroxylation is 1. The molecule has 0 fully saturated rings. The van der Waals surface area contributed by atoms with Crippen molar-refractivity contribution in [3.8, 4) is 0 Å². The van der Waals surface area contributed by atoms with Crippen LogP contribution in [-0.4, -0.2) is 17.7 Å². The Bertz CT molecular complexity index is 483. The molecule has 0 saturated carbocycles. The normalized spacial score (nSPS) is 11.5. The van der Waals surface area contributed by atoms with Gasteiger partial charge in [0.05, 0.1) is 0 Å². The van der Waals surface area contributed by atoms with Crippen molar-refractivity contribution in [3.05, 3.63) is 36.0 Å². The number of para-hydroxylation sites is 1. The van der Waals surface area contributed by atoms with Gasteiger partial charge in [-0.25, -0.2) is 0 Å². The Morgan fingerprint density at radius 1 is 1.24 bits per heavy atom. The Labute approximate surface area is 104 Å². The quantitative estimate of drug-likeness (QED) is 0.781. The van der Waals surface area contributed by atoms with Crippen LogP contribution in [-0.2, 0) is 6.54 Å². The maximum Gasteiger partial charge on any atom is 0.0482 e. The molecule has 1 N–H and O–H groups in total. The molecular weight excluding hydrogens is 208 g/mol. The van der Waals surface area contributed by atoms with Crippen LogP contribution in [0.15, 0.2) is 30.3 Å².